The van der Waals surface area contributed by atoms with Crippen LogP contribution in [0.2, 0.25) is 5.02 Å². The van der Waals surface area contributed by atoms with Gasteiger partial charge in [0, 0.05) is 28.3 Å². The number of halogens is 1. The second-order valence-corrected chi connectivity index (χ2v) is 11.0. The van der Waals surface area contributed by atoms with Crippen LogP contribution in [0.25, 0.3) is 11.3 Å². The van der Waals surface area contributed by atoms with Crippen LogP contribution in [0.15, 0.2) is 54.7 Å². The Bertz CT molecular complexity index is 1300. The molecule has 3 N–H and O–H groups in total. The van der Waals surface area contributed by atoms with Crippen molar-refractivity contribution in [2.75, 3.05) is 26.1 Å². The van der Waals surface area contributed by atoms with E-state index in [4.69, 9.17) is 31.0 Å². The number of carbonyl (C=O) groups excluding carboxylic acids is 2. The maximum absolute atomic E-state index is 12.9. The van der Waals surface area contributed by atoms with E-state index in [1.807, 2.05) is 13.8 Å². The van der Waals surface area contributed by atoms with Crippen molar-refractivity contribution in [2.45, 2.75) is 34.1 Å². The molecule has 2 amide bonds. The standard InChI is InChI=1S/C29H34ClN3O6/c1-28(2,16-29(3,4)27(35)33-36)17-39-20-8-10-25(31-15-20)23-13-19(7-9-24(23)30)32-26(34)18-11-21(37-5)14-22(12-18)38-6/h7-15,36H,16-17H2,1-6H3,(H,32,34)(H,33,35). The quantitative estimate of drug-likeness (QED) is 0.196. The van der Waals surface area contributed by atoms with Crippen molar-refractivity contribution in [3.8, 4) is 28.5 Å². The number of benzene rings is 2. The average Bonchev–Trinajstić information content (AvgIpc) is 2.91. The van der Waals surface area contributed by atoms with Crippen LogP contribution < -0.4 is 25.0 Å². The van der Waals surface area contributed by atoms with Crippen LogP contribution in [0, 0.1) is 10.8 Å². The van der Waals surface area contributed by atoms with Gasteiger partial charge in [-0.25, -0.2) is 5.48 Å². The van der Waals surface area contributed by atoms with Crippen molar-refractivity contribution in [2.24, 2.45) is 10.8 Å². The molecular formula is C29H34ClN3O6. The maximum Gasteiger partial charge on any atom is 0.255 e. The summed E-state index contributed by atoms with van der Waals surface area (Å²) in [5, 5.41) is 12.3. The third-order valence-electron chi connectivity index (χ3n) is 6.12. The number of aromatic nitrogens is 1. The van der Waals surface area contributed by atoms with E-state index in [1.54, 1.807) is 74.1 Å². The lowest BCUT2D eigenvalue weighted by molar-refractivity contribution is -0.140. The molecule has 0 bridgehead atoms. The van der Waals surface area contributed by atoms with Crippen LogP contribution in [-0.4, -0.2) is 42.8 Å². The number of hydrogen-bond donors (Lipinski definition) is 3. The summed E-state index contributed by atoms with van der Waals surface area (Å²) < 4.78 is 16.4. The molecule has 1 aromatic heterocycles. The van der Waals surface area contributed by atoms with Gasteiger partial charge in [0.15, 0.2) is 0 Å². The fourth-order valence-electron chi connectivity index (χ4n) is 4.32. The highest BCUT2D eigenvalue weighted by atomic mass is 35.5. The van der Waals surface area contributed by atoms with E-state index >= 15 is 0 Å². The summed E-state index contributed by atoms with van der Waals surface area (Å²) in [5.41, 5.74) is 2.78. The van der Waals surface area contributed by atoms with E-state index in [9.17, 15) is 9.59 Å². The molecule has 0 unspecified atom stereocenters. The summed E-state index contributed by atoms with van der Waals surface area (Å²) in [7, 11) is 3.04. The first-order chi connectivity index (χ1) is 18.4. The molecule has 1 heterocycles. The lowest BCUT2D eigenvalue weighted by Crippen LogP contribution is -2.39. The van der Waals surface area contributed by atoms with Crippen molar-refractivity contribution in [1.82, 2.24) is 10.5 Å². The molecule has 3 aromatic rings. The van der Waals surface area contributed by atoms with Crippen molar-refractivity contribution >= 4 is 29.1 Å². The zero-order valence-corrected chi connectivity index (χ0v) is 23.7. The molecule has 39 heavy (non-hydrogen) atoms. The van der Waals surface area contributed by atoms with Gasteiger partial charge in [0.25, 0.3) is 5.91 Å². The minimum Gasteiger partial charge on any atom is -0.497 e. The molecular weight excluding hydrogens is 522 g/mol. The fourth-order valence-corrected chi connectivity index (χ4v) is 4.54. The fraction of sp³-hybridized carbons (Fsp3) is 0.345. The van der Waals surface area contributed by atoms with E-state index in [1.165, 1.54) is 14.2 Å². The van der Waals surface area contributed by atoms with Crippen LogP contribution in [0.1, 0.15) is 44.5 Å². The molecule has 2 aromatic carbocycles. The average molecular weight is 556 g/mol. The number of methoxy groups -OCH3 is 2. The zero-order chi connectivity index (χ0) is 28.8. The maximum atomic E-state index is 12.9. The predicted octanol–water partition coefficient (Wildman–Crippen LogP) is 6.00. The summed E-state index contributed by atoms with van der Waals surface area (Å²) in [6.07, 6.45) is 2.09. The first-order valence-corrected chi connectivity index (χ1v) is 12.6. The molecule has 0 saturated carbocycles. The van der Waals surface area contributed by atoms with Crippen molar-refractivity contribution in [3.63, 3.8) is 0 Å². The minimum absolute atomic E-state index is 0.334. The molecule has 0 atom stereocenters. The Hall–Kier alpha value is -3.82. The minimum atomic E-state index is -0.764. The first-order valence-electron chi connectivity index (χ1n) is 12.3. The van der Waals surface area contributed by atoms with Crippen LogP contribution >= 0.6 is 11.6 Å². The Balaban J connectivity index is 1.71. The van der Waals surface area contributed by atoms with Crippen LogP contribution in [0.3, 0.4) is 0 Å². The Labute approximate surface area is 233 Å². The number of hydroxylamine groups is 1. The largest absolute Gasteiger partial charge is 0.497 e. The summed E-state index contributed by atoms with van der Waals surface area (Å²) in [5.74, 6) is 0.791. The highest BCUT2D eigenvalue weighted by molar-refractivity contribution is 6.33. The van der Waals surface area contributed by atoms with Gasteiger partial charge in [-0.3, -0.25) is 19.8 Å². The van der Waals surface area contributed by atoms with Gasteiger partial charge in [0.1, 0.15) is 17.2 Å². The number of ether oxygens (including phenoxy) is 3. The molecule has 0 fully saturated rings. The normalized spacial score (nSPS) is 11.5. The smallest absolute Gasteiger partial charge is 0.255 e. The molecule has 0 saturated heterocycles. The van der Waals surface area contributed by atoms with Gasteiger partial charge in [0.05, 0.1) is 37.7 Å². The van der Waals surface area contributed by atoms with Gasteiger partial charge in [-0.15, -0.1) is 0 Å². The molecule has 0 spiro atoms. The molecule has 9 nitrogen and oxygen atoms in total. The van der Waals surface area contributed by atoms with E-state index in [2.05, 4.69) is 10.3 Å². The summed E-state index contributed by atoms with van der Waals surface area (Å²) in [6, 6.07) is 13.7. The molecule has 0 aliphatic rings. The Morgan fingerprint density at radius 2 is 1.62 bits per heavy atom. The highest BCUT2D eigenvalue weighted by Gasteiger charge is 2.35. The topological polar surface area (TPSA) is 119 Å². The number of rotatable bonds is 11. The number of amides is 2. The summed E-state index contributed by atoms with van der Waals surface area (Å²) >= 11 is 6.46. The Kier molecular flexibility index (Phi) is 9.42. The van der Waals surface area contributed by atoms with Crippen molar-refractivity contribution in [1.29, 1.82) is 0 Å². The van der Waals surface area contributed by atoms with E-state index in [0.29, 0.717) is 57.8 Å². The van der Waals surface area contributed by atoms with Crippen LogP contribution in [0.5, 0.6) is 17.2 Å². The molecule has 10 heteroatoms. The monoisotopic (exact) mass is 555 g/mol. The van der Waals surface area contributed by atoms with E-state index in [-0.39, 0.29) is 11.3 Å². The Morgan fingerprint density at radius 1 is 0.949 bits per heavy atom. The van der Waals surface area contributed by atoms with Gasteiger partial charge < -0.3 is 19.5 Å². The number of anilines is 1. The van der Waals surface area contributed by atoms with E-state index in [0.717, 1.165) is 0 Å². The van der Waals surface area contributed by atoms with Gasteiger partial charge >= 0.3 is 0 Å². The van der Waals surface area contributed by atoms with Crippen molar-refractivity contribution in [3.05, 3.63) is 65.3 Å². The van der Waals surface area contributed by atoms with Crippen LogP contribution in [-0.2, 0) is 4.79 Å². The summed E-state index contributed by atoms with van der Waals surface area (Å²) in [6.45, 7) is 7.85. The van der Waals surface area contributed by atoms with Crippen LogP contribution in [0.4, 0.5) is 5.69 Å². The lowest BCUT2D eigenvalue weighted by Gasteiger charge is -2.33. The third kappa shape index (κ3) is 7.84. The first kappa shape index (κ1) is 29.7. The molecule has 0 radical (unpaired) electrons. The highest BCUT2D eigenvalue weighted by Crippen LogP contribution is 2.35. The van der Waals surface area contributed by atoms with Gasteiger partial charge in [-0.05, 0) is 54.3 Å². The third-order valence-corrected chi connectivity index (χ3v) is 6.45. The van der Waals surface area contributed by atoms with Gasteiger partial charge in [-0.2, -0.15) is 0 Å². The molecule has 0 aliphatic heterocycles. The predicted molar refractivity (Wildman–Crippen MR) is 150 cm³/mol. The Morgan fingerprint density at radius 3 is 2.18 bits per heavy atom. The van der Waals surface area contributed by atoms with E-state index < -0.39 is 11.3 Å². The zero-order valence-electron chi connectivity index (χ0n) is 22.9. The SMILES string of the molecule is COc1cc(OC)cc(C(=O)Nc2ccc(Cl)c(-c3ccc(OCC(C)(C)CC(C)(C)C(=O)NO)cn3)c2)c1. The van der Waals surface area contributed by atoms with Gasteiger partial charge in [-0.1, -0.05) is 39.3 Å². The lowest BCUT2D eigenvalue weighted by atomic mass is 9.75. The summed E-state index contributed by atoms with van der Waals surface area (Å²) in [4.78, 5) is 29.3. The number of pyridine rings is 1. The number of hydrogen-bond acceptors (Lipinski definition) is 7. The second kappa shape index (κ2) is 12.4. The molecule has 208 valence electrons. The second-order valence-electron chi connectivity index (χ2n) is 10.6. The van der Waals surface area contributed by atoms with Crippen molar-refractivity contribution < 1.29 is 29.0 Å². The number of nitrogens with zero attached hydrogens (tertiary/aromatic N) is 1. The molecule has 3 rings (SSSR count). The number of carbonyl (C=O) groups is 2. The number of nitrogens with one attached hydrogen (secondary N) is 2. The van der Waals surface area contributed by atoms with Gasteiger partial charge in [0.2, 0.25) is 5.91 Å². The molecule has 0 aliphatic carbocycles.